The number of unbranched alkanes of at least 4 members (excludes halogenated alkanes) is 5. The van der Waals surface area contributed by atoms with Crippen LogP contribution in [-0.4, -0.2) is 22.3 Å². The van der Waals surface area contributed by atoms with Gasteiger partial charge in [-0.15, -0.1) is 0 Å². The van der Waals surface area contributed by atoms with Crippen molar-refractivity contribution in [1.29, 1.82) is 0 Å². The second-order valence-electron chi connectivity index (χ2n) is 5.16. The summed E-state index contributed by atoms with van der Waals surface area (Å²) in [5, 5.41) is 18.2. The van der Waals surface area contributed by atoms with Gasteiger partial charge in [-0.05, 0) is 32.1 Å². The monoisotopic (exact) mass is 294 g/mol. The van der Waals surface area contributed by atoms with Crippen molar-refractivity contribution in [3.05, 3.63) is 36.5 Å². The van der Waals surface area contributed by atoms with Gasteiger partial charge >= 0.3 is 5.97 Å². The first-order valence-electron chi connectivity index (χ1n) is 8.05. The van der Waals surface area contributed by atoms with E-state index >= 15 is 0 Å². The van der Waals surface area contributed by atoms with Gasteiger partial charge in [0.1, 0.15) is 0 Å². The molecule has 21 heavy (non-hydrogen) atoms. The highest BCUT2D eigenvalue weighted by Gasteiger charge is 1.96. The lowest BCUT2D eigenvalue weighted by Crippen LogP contribution is -1.95. The number of rotatable bonds is 13. The molecular weight excluding hydrogens is 264 g/mol. The molecule has 0 aliphatic carbocycles. The average Bonchev–Trinajstić information content (AvgIpc) is 2.45. The van der Waals surface area contributed by atoms with Gasteiger partial charge in [0.2, 0.25) is 0 Å². The Kier molecular flexibility index (Phi) is 14.1. The van der Waals surface area contributed by atoms with Crippen LogP contribution in [0.4, 0.5) is 0 Å². The molecule has 0 aromatic rings. The van der Waals surface area contributed by atoms with Gasteiger partial charge in [0.25, 0.3) is 0 Å². The minimum atomic E-state index is -0.704. The lowest BCUT2D eigenvalue weighted by atomic mass is 10.1. The lowest BCUT2D eigenvalue weighted by molar-refractivity contribution is -0.137. The zero-order valence-electron chi connectivity index (χ0n) is 13.2. The van der Waals surface area contributed by atoms with Gasteiger partial charge in [-0.3, -0.25) is 4.79 Å². The van der Waals surface area contributed by atoms with Crippen LogP contribution in [0.2, 0.25) is 0 Å². The quantitative estimate of drug-likeness (QED) is 0.384. The molecule has 0 aromatic heterocycles. The Balaban J connectivity index is 3.45. The van der Waals surface area contributed by atoms with Gasteiger partial charge in [0.15, 0.2) is 0 Å². The first-order valence-corrected chi connectivity index (χ1v) is 8.05. The fourth-order valence-electron chi connectivity index (χ4n) is 1.93. The van der Waals surface area contributed by atoms with Crippen LogP contribution in [0.15, 0.2) is 36.5 Å². The Bertz CT molecular complexity index is 329. The molecule has 0 radical (unpaired) electrons. The Hall–Kier alpha value is -1.35. The summed E-state index contributed by atoms with van der Waals surface area (Å²) in [6.07, 6.45) is 19.6. The first kappa shape index (κ1) is 19.7. The number of aliphatic hydroxyl groups is 1. The highest BCUT2D eigenvalue weighted by molar-refractivity contribution is 5.66. The van der Waals surface area contributed by atoms with E-state index in [1.54, 1.807) is 0 Å². The number of carboxylic acid groups (broad SMARTS) is 1. The Morgan fingerprint density at radius 2 is 1.62 bits per heavy atom. The molecule has 0 unspecified atom stereocenters. The van der Waals surface area contributed by atoms with E-state index in [9.17, 15) is 9.90 Å². The van der Waals surface area contributed by atoms with E-state index in [4.69, 9.17) is 5.11 Å². The maximum absolute atomic E-state index is 10.3. The minimum Gasteiger partial charge on any atom is -0.481 e. The normalized spacial score (nSPS) is 13.6. The fourth-order valence-corrected chi connectivity index (χ4v) is 1.93. The van der Waals surface area contributed by atoms with E-state index in [0.717, 1.165) is 51.4 Å². The van der Waals surface area contributed by atoms with Crippen LogP contribution in [0, 0.1) is 0 Å². The van der Waals surface area contributed by atoms with Crippen LogP contribution in [0.25, 0.3) is 0 Å². The van der Waals surface area contributed by atoms with E-state index in [1.165, 1.54) is 0 Å². The van der Waals surface area contributed by atoms with Gasteiger partial charge in [-0.2, -0.15) is 0 Å². The van der Waals surface area contributed by atoms with Crippen molar-refractivity contribution < 1.29 is 15.0 Å². The maximum Gasteiger partial charge on any atom is 0.303 e. The van der Waals surface area contributed by atoms with Gasteiger partial charge in [-0.25, -0.2) is 0 Å². The van der Waals surface area contributed by atoms with E-state index < -0.39 is 12.1 Å². The largest absolute Gasteiger partial charge is 0.481 e. The molecule has 3 heteroatoms. The van der Waals surface area contributed by atoms with Crippen LogP contribution in [0.5, 0.6) is 0 Å². The molecule has 3 nitrogen and oxygen atoms in total. The van der Waals surface area contributed by atoms with Crippen molar-refractivity contribution >= 4 is 5.97 Å². The van der Waals surface area contributed by atoms with Gasteiger partial charge in [0.05, 0.1) is 6.10 Å². The number of hydrogen-bond donors (Lipinski definition) is 2. The van der Waals surface area contributed by atoms with Crippen LogP contribution >= 0.6 is 0 Å². The molecule has 0 amide bonds. The van der Waals surface area contributed by atoms with E-state index in [0.29, 0.717) is 0 Å². The predicted molar refractivity (Wildman–Crippen MR) is 88.3 cm³/mol. The Morgan fingerprint density at radius 1 is 0.952 bits per heavy atom. The Morgan fingerprint density at radius 3 is 2.33 bits per heavy atom. The van der Waals surface area contributed by atoms with Gasteiger partial charge in [0, 0.05) is 6.42 Å². The smallest absolute Gasteiger partial charge is 0.303 e. The van der Waals surface area contributed by atoms with Crippen LogP contribution in [0.1, 0.15) is 64.7 Å². The maximum atomic E-state index is 10.3. The van der Waals surface area contributed by atoms with Gasteiger partial charge < -0.3 is 10.2 Å². The van der Waals surface area contributed by atoms with E-state index in [2.05, 4.69) is 19.1 Å². The molecule has 0 saturated heterocycles. The third-order valence-electron chi connectivity index (χ3n) is 3.10. The average molecular weight is 294 g/mol. The second kappa shape index (κ2) is 15.0. The molecule has 0 aromatic carbocycles. The summed E-state index contributed by atoms with van der Waals surface area (Å²) in [7, 11) is 0. The van der Waals surface area contributed by atoms with Crippen molar-refractivity contribution in [3.8, 4) is 0 Å². The molecule has 1 atom stereocenters. The fraction of sp³-hybridized carbons (Fsp3) is 0.611. The van der Waals surface area contributed by atoms with Crippen molar-refractivity contribution in [2.75, 3.05) is 0 Å². The molecular formula is C18H30O3. The summed E-state index contributed by atoms with van der Waals surface area (Å²) < 4.78 is 0. The highest BCUT2D eigenvalue weighted by atomic mass is 16.4. The molecule has 0 aliphatic rings. The third kappa shape index (κ3) is 16.6. The molecule has 2 N–H and O–H groups in total. The minimum absolute atomic E-state index is 0.284. The van der Waals surface area contributed by atoms with E-state index in [-0.39, 0.29) is 6.42 Å². The summed E-state index contributed by atoms with van der Waals surface area (Å²) in [5.74, 6) is -0.704. The zero-order valence-corrected chi connectivity index (χ0v) is 13.2. The number of aliphatic hydroxyl groups excluding tert-OH is 1. The summed E-state index contributed by atoms with van der Waals surface area (Å²) >= 11 is 0. The summed E-state index contributed by atoms with van der Waals surface area (Å²) in [5.41, 5.74) is 0. The molecule has 0 saturated carbocycles. The first-order chi connectivity index (χ1) is 10.2. The number of carbonyl (C=O) groups is 1. The zero-order chi connectivity index (χ0) is 15.8. The summed E-state index contributed by atoms with van der Waals surface area (Å²) in [6, 6.07) is 0. The second-order valence-corrected chi connectivity index (χ2v) is 5.16. The standard InChI is InChI=1S/C18H30O3/c1-2-3-4-8-11-14-17(19)15-12-9-6-5-7-10-13-16-18(20)21/h3-4,11-12,14-15,17,19H,2,5-10,13,16H2,1H3,(H,20,21)/b4-3-,14-11-,15-12-/t17-/m0/s1. The summed E-state index contributed by atoms with van der Waals surface area (Å²) in [4.78, 5) is 10.3. The predicted octanol–water partition coefficient (Wildman–Crippen LogP) is 4.63. The van der Waals surface area contributed by atoms with Crippen LogP contribution in [0.3, 0.4) is 0 Å². The molecule has 0 spiro atoms. The van der Waals surface area contributed by atoms with Crippen molar-refractivity contribution in [2.45, 2.75) is 70.8 Å². The molecule has 0 rings (SSSR count). The molecule has 0 aliphatic heterocycles. The number of hydrogen-bond acceptors (Lipinski definition) is 2. The molecule has 0 heterocycles. The highest BCUT2D eigenvalue weighted by Crippen LogP contribution is 2.08. The SMILES string of the molecule is CC/C=C\C/C=C\[C@H](O)/C=C\CCCCCCCC(=O)O. The van der Waals surface area contributed by atoms with Crippen molar-refractivity contribution in [1.82, 2.24) is 0 Å². The van der Waals surface area contributed by atoms with E-state index in [1.807, 2.05) is 24.3 Å². The number of carboxylic acids is 1. The number of allylic oxidation sites excluding steroid dienone is 4. The third-order valence-corrected chi connectivity index (χ3v) is 3.10. The molecule has 0 bridgehead atoms. The topological polar surface area (TPSA) is 57.5 Å². The Labute approximate surface area is 129 Å². The lowest BCUT2D eigenvalue weighted by Gasteiger charge is -1.99. The molecule has 0 fully saturated rings. The summed E-state index contributed by atoms with van der Waals surface area (Å²) in [6.45, 7) is 2.10. The van der Waals surface area contributed by atoms with Crippen molar-refractivity contribution in [2.24, 2.45) is 0 Å². The van der Waals surface area contributed by atoms with Gasteiger partial charge in [-0.1, -0.05) is 62.6 Å². The number of aliphatic carboxylic acids is 1. The van der Waals surface area contributed by atoms with Crippen molar-refractivity contribution in [3.63, 3.8) is 0 Å². The van der Waals surface area contributed by atoms with Crippen LogP contribution < -0.4 is 0 Å². The molecule has 120 valence electrons. The van der Waals surface area contributed by atoms with Crippen LogP contribution in [-0.2, 0) is 4.79 Å².